The first-order valence-corrected chi connectivity index (χ1v) is 11.3. The molecule has 2 fully saturated rings. The van der Waals surface area contributed by atoms with Crippen LogP contribution in [0.25, 0.3) is 0 Å². The molecule has 4 rings (SSSR count). The molecule has 0 saturated carbocycles. The molecular formula is C24H26F3N5O3. The molecule has 4 N–H and O–H groups in total. The zero-order chi connectivity index (χ0) is 25.0. The average Bonchev–Trinajstić information content (AvgIpc) is 2.83. The lowest BCUT2D eigenvalue weighted by Crippen LogP contribution is -2.57. The van der Waals surface area contributed by atoms with E-state index in [-0.39, 0.29) is 25.8 Å². The number of rotatable bonds is 6. The maximum absolute atomic E-state index is 12.9. The van der Waals surface area contributed by atoms with Gasteiger partial charge in [0.15, 0.2) is 0 Å². The van der Waals surface area contributed by atoms with Crippen LogP contribution in [-0.4, -0.2) is 43.2 Å². The normalized spacial score (nSPS) is 19.1. The van der Waals surface area contributed by atoms with Crippen LogP contribution in [0.2, 0.25) is 0 Å². The summed E-state index contributed by atoms with van der Waals surface area (Å²) in [4.78, 5) is 36.9. The second kappa shape index (κ2) is 10.2. The molecule has 0 bridgehead atoms. The van der Waals surface area contributed by atoms with Gasteiger partial charge in [-0.1, -0.05) is 12.1 Å². The molecule has 2 heterocycles. The summed E-state index contributed by atoms with van der Waals surface area (Å²) < 4.78 is 38.6. The van der Waals surface area contributed by atoms with Gasteiger partial charge in [-0.15, -0.1) is 0 Å². The lowest BCUT2D eigenvalue weighted by atomic mass is 9.96. The Morgan fingerprint density at radius 3 is 2.14 bits per heavy atom. The van der Waals surface area contributed by atoms with Crippen LogP contribution in [0.3, 0.4) is 0 Å². The number of amides is 4. The van der Waals surface area contributed by atoms with E-state index in [2.05, 4.69) is 21.3 Å². The number of anilines is 3. The highest BCUT2D eigenvalue weighted by atomic mass is 19.4. The number of hydrogen-bond acceptors (Lipinski definition) is 5. The van der Waals surface area contributed by atoms with E-state index in [0.29, 0.717) is 13.1 Å². The van der Waals surface area contributed by atoms with Crippen molar-refractivity contribution in [2.75, 3.05) is 23.3 Å². The third kappa shape index (κ3) is 6.43. The summed E-state index contributed by atoms with van der Waals surface area (Å²) in [5.74, 6) is -2.15. The molecule has 0 spiro atoms. The van der Waals surface area contributed by atoms with E-state index in [1.165, 1.54) is 0 Å². The standard InChI is InChI=1S/C24H26F3N5O3/c25-24(26,27)16-9-11-32(12-10-16)19-7-5-18(6-8-19)29-17-3-1-15(2-4-17)14-28-22(34)20-13-21(33)31-23(35)30-20/h1-8,16,20,29H,9-14H2,(H,28,34)(H2,30,31,33,35)/t20-/m0/s1. The van der Waals surface area contributed by atoms with Gasteiger partial charge < -0.3 is 20.9 Å². The minimum absolute atomic E-state index is 0.106. The van der Waals surface area contributed by atoms with Crippen LogP contribution in [-0.2, 0) is 16.1 Å². The highest BCUT2D eigenvalue weighted by Crippen LogP contribution is 2.35. The number of urea groups is 1. The van der Waals surface area contributed by atoms with Crippen molar-refractivity contribution in [3.8, 4) is 0 Å². The molecule has 0 radical (unpaired) electrons. The van der Waals surface area contributed by atoms with Gasteiger partial charge in [0.25, 0.3) is 0 Å². The van der Waals surface area contributed by atoms with Crippen LogP contribution in [0.4, 0.5) is 35.0 Å². The van der Waals surface area contributed by atoms with E-state index in [0.717, 1.165) is 22.6 Å². The lowest BCUT2D eigenvalue weighted by Gasteiger charge is -2.34. The maximum atomic E-state index is 12.9. The Balaban J connectivity index is 1.25. The van der Waals surface area contributed by atoms with Crippen molar-refractivity contribution >= 4 is 34.9 Å². The first-order valence-electron chi connectivity index (χ1n) is 11.3. The van der Waals surface area contributed by atoms with Crippen LogP contribution < -0.4 is 26.2 Å². The van der Waals surface area contributed by atoms with Crippen molar-refractivity contribution in [3.05, 3.63) is 54.1 Å². The van der Waals surface area contributed by atoms with Gasteiger partial charge in [-0.05, 0) is 54.8 Å². The fourth-order valence-corrected chi connectivity index (χ4v) is 4.17. The number of imide groups is 1. The Hall–Kier alpha value is -3.76. The fraction of sp³-hybridized carbons (Fsp3) is 0.375. The molecule has 2 aliphatic rings. The van der Waals surface area contributed by atoms with Crippen LogP contribution in [0, 0.1) is 5.92 Å². The van der Waals surface area contributed by atoms with Gasteiger partial charge in [-0.25, -0.2) is 4.79 Å². The SMILES string of the molecule is O=C1C[C@@H](C(=O)NCc2ccc(Nc3ccc(N4CCC(C(F)(F)F)CC4)cc3)cc2)NC(=O)N1. The molecule has 2 aliphatic heterocycles. The zero-order valence-corrected chi connectivity index (χ0v) is 18.8. The second-order valence-corrected chi connectivity index (χ2v) is 8.67. The number of halogens is 3. The van der Waals surface area contributed by atoms with E-state index >= 15 is 0 Å². The van der Waals surface area contributed by atoms with Gasteiger partial charge in [0.1, 0.15) is 6.04 Å². The highest BCUT2D eigenvalue weighted by Gasteiger charge is 2.41. The molecule has 2 aromatic carbocycles. The van der Waals surface area contributed by atoms with Gasteiger partial charge in [0.2, 0.25) is 11.8 Å². The van der Waals surface area contributed by atoms with Crippen LogP contribution in [0.5, 0.6) is 0 Å². The first-order chi connectivity index (χ1) is 16.7. The molecule has 8 nitrogen and oxygen atoms in total. The van der Waals surface area contributed by atoms with E-state index in [4.69, 9.17) is 0 Å². The van der Waals surface area contributed by atoms with Gasteiger partial charge in [0.05, 0.1) is 12.3 Å². The van der Waals surface area contributed by atoms with Gasteiger partial charge in [-0.2, -0.15) is 13.2 Å². The Bertz CT molecular complexity index is 1050. The number of benzene rings is 2. The first kappa shape index (κ1) is 24.4. The summed E-state index contributed by atoms with van der Waals surface area (Å²) in [6.07, 6.45) is -4.00. The molecule has 2 saturated heterocycles. The monoisotopic (exact) mass is 489 g/mol. The average molecular weight is 489 g/mol. The molecule has 4 amide bonds. The topological polar surface area (TPSA) is 103 Å². The number of nitrogens with zero attached hydrogens (tertiary/aromatic N) is 1. The molecule has 2 aromatic rings. The van der Waals surface area contributed by atoms with Crippen LogP contribution in [0.15, 0.2) is 48.5 Å². The number of piperidine rings is 1. The second-order valence-electron chi connectivity index (χ2n) is 8.67. The summed E-state index contributed by atoms with van der Waals surface area (Å²) >= 11 is 0. The van der Waals surface area contributed by atoms with Crippen molar-refractivity contribution in [1.82, 2.24) is 16.0 Å². The van der Waals surface area contributed by atoms with E-state index in [1.807, 2.05) is 53.4 Å². The number of hydrogen-bond donors (Lipinski definition) is 4. The maximum Gasteiger partial charge on any atom is 0.391 e. The van der Waals surface area contributed by atoms with Crippen LogP contribution >= 0.6 is 0 Å². The molecule has 0 unspecified atom stereocenters. The number of carbonyl (C=O) groups excluding carboxylic acids is 3. The molecular weight excluding hydrogens is 463 g/mol. The third-order valence-electron chi connectivity index (χ3n) is 6.16. The van der Waals surface area contributed by atoms with Crippen molar-refractivity contribution in [1.29, 1.82) is 0 Å². The van der Waals surface area contributed by atoms with E-state index in [9.17, 15) is 27.6 Å². The highest BCUT2D eigenvalue weighted by molar-refractivity contribution is 6.02. The molecule has 186 valence electrons. The summed E-state index contributed by atoms with van der Waals surface area (Å²) in [6.45, 7) is 1.01. The molecule has 0 aromatic heterocycles. The smallest absolute Gasteiger partial charge is 0.372 e. The summed E-state index contributed by atoms with van der Waals surface area (Å²) in [5.41, 5.74) is 3.41. The number of nitrogens with one attached hydrogen (secondary N) is 4. The molecule has 0 aliphatic carbocycles. The third-order valence-corrected chi connectivity index (χ3v) is 6.16. The minimum atomic E-state index is -4.12. The molecule has 1 atom stereocenters. The van der Waals surface area contributed by atoms with Crippen molar-refractivity contribution in [2.45, 2.75) is 38.0 Å². The zero-order valence-electron chi connectivity index (χ0n) is 18.8. The molecule has 11 heteroatoms. The van der Waals surface area contributed by atoms with Crippen molar-refractivity contribution in [3.63, 3.8) is 0 Å². The summed E-state index contributed by atoms with van der Waals surface area (Å²) in [5, 5.41) is 10.5. The quantitative estimate of drug-likeness (QED) is 0.498. The van der Waals surface area contributed by atoms with Gasteiger partial charge in [-0.3, -0.25) is 14.9 Å². The van der Waals surface area contributed by atoms with Crippen molar-refractivity contribution in [2.24, 2.45) is 5.92 Å². The summed E-state index contributed by atoms with van der Waals surface area (Å²) in [7, 11) is 0. The Morgan fingerprint density at radius 2 is 1.57 bits per heavy atom. The van der Waals surface area contributed by atoms with Crippen molar-refractivity contribution < 1.29 is 27.6 Å². The Labute approximate surface area is 200 Å². The molecule has 35 heavy (non-hydrogen) atoms. The number of carbonyl (C=O) groups is 3. The van der Waals surface area contributed by atoms with E-state index < -0.39 is 36.0 Å². The van der Waals surface area contributed by atoms with Crippen LogP contribution in [0.1, 0.15) is 24.8 Å². The minimum Gasteiger partial charge on any atom is -0.372 e. The van der Waals surface area contributed by atoms with E-state index in [1.54, 1.807) is 0 Å². The Morgan fingerprint density at radius 1 is 0.971 bits per heavy atom. The van der Waals surface area contributed by atoms with Gasteiger partial charge in [0, 0.05) is 36.7 Å². The summed E-state index contributed by atoms with van der Waals surface area (Å²) in [6, 6.07) is 13.4. The predicted octanol–water partition coefficient (Wildman–Crippen LogP) is 3.42. The van der Waals surface area contributed by atoms with Gasteiger partial charge >= 0.3 is 12.2 Å². The fourth-order valence-electron chi connectivity index (χ4n) is 4.17. The predicted molar refractivity (Wildman–Crippen MR) is 124 cm³/mol. The lowest BCUT2D eigenvalue weighted by molar-refractivity contribution is -0.179. The number of alkyl halides is 3. The largest absolute Gasteiger partial charge is 0.391 e. The Kier molecular flexibility index (Phi) is 7.13.